The molecule has 0 aliphatic carbocycles. The van der Waals surface area contributed by atoms with Gasteiger partial charge < -0.3 is 20.3 Å². The van der Waals surface area contributed by atoms with Crippen molar-refractivity contribution in [1.29, 1.82) is 0 Å². The number of nitrogens with one attached hydrogen (secondary N) is 2. The zero-order valence-electron chi connectivity index (χ0n) is 24.7. The van der Waals surface area contributed by atoms with E-state index in [0.29, 0.717) is 36.3 Å². The van der Waals surface area contributed by atoms with Crippen LogP contribution in [-0.4, -0.2) is 82.6 Å². The average molecular weight is 619 g/mol. The third-order valence-corrected chi connectivity index (χ3v) is 10.8. The molecule has 1 atom stereocenters. The van der Waals surface area contributed by atoms with Crippen LogP contribution in [-0.2, 0) is 4.74 Å². The van der Waals surface area contributed by atoms with Crippen LogP contribution >= 0.6 is 23.3 Å². The summed E-state index contributed by atoms with van der Waals surface area (Å²) in [6, 6.07) is 10.2. The van der Waals surface area contributed by atoms with Crippen molar-refractivity contribution >= 4 is 51.6 Å². The Bertz CT molecular complexity index is 1640. The Morgan fingerprint density at radius 1 is 1.07 bits per heavy atom. The molecule has 2 N–H and O–H groups in total. The number of thiazole rings is 1. The van der Waals surface area contributed by atoms with Gasteiger partial charge in [-0.1, -0.05) is 11.9 Å². The van der Waals surface area contributed by atoms with Gasteiger partial charge in [-0.05, 0) is 62.8 Å². The van der Waals surface area contributed by atoms with Crippen molar-refractivity contribution in [2.45, 2.75) is 38.1 Å². The van der Waals surface area contributed by atoms with Crippen molar-refractivity contribution < 1.29 is 4.74 Å². The minimum Gasteiger partial charge on any atom is -0.379 e. The molecule has 4 aromatic rings. The summed E-state index contributed by atoms with van der Waals surface area (Å²) in [6.45, 7) is 9.35. The van der Waals surface area contributed by atoms with Crippen molar-refractivity contribution in [2.75, 3.05) is 69.0 Å². The maximum absolute atomic E-state index is 14.2. The molecular weight excluding hydrogens is 581 g/mol. The molecule has 43 heavy (non-hydrogen) atoms. The summed E-state index contributed by atoms with van der Waals surface area (Å²) >= 11 is 3.55. The van der Waals surface area contributed by atoms with E-state index in [1.54, 1.807) is 11.3 Å². The molecule has 1 unspecified atom stereocenters. The fourth-order valence-electron chi connectivity index (χ4n) is 6.35. The molecule has 0 amide bonds. The minimum atomic E-state index is -0.0784. The quantitative estimate of drug-likeness (QED) is 0.281. The summed E-state index contributed by atoms with van der Waals surface area (Å²) in [5.41, 5.74) is 4.08. The molecule has 0 bridgehead atoms. The van der Waals surface area contributed by atoms with E-state index in [4.69, 9.17) is 14.7 Å². The molecule has 7 rings (SSSR count). The Hall–Kier alpha value is -3.03. The number of fused-ring (bicyclic) bond motifs is 1. The molecule has 10 nitrogen and oxygen atoms in total. The van der Waals surface area contributed by atoms with E-state index in [2.05, 4.69) is 62.3 Å². The Morgan fingerprint density at radius 3 is 2.58 bits per heavy atom. The van der Waals surface area contributed by atoms with E-state index in [1.807, 2.05) is 28.8 Å². The molecule has 1 aromatic carbocycles. The molecule has 3 aliphatic heterocycles. The second-order valence-electron chi connectivity index (χ2n) is 11.5. The fraction of sp³-hybridized carbons (Fsp3) is 0.484. The Balaban J connectivity index is 1.21. The van der Waals surface area contributed by atoms with E-state index in [1.165, 1.54) is 5.69 Å². The minimum absolute atomic E-state index is 0.0647. The summed E-state index contributed by atoms with van der Waals surface area (Å²) in [6.07, 6.45) is 6.91. The highest BCUT2D eigenvalue weighted by molar-refractivity contribution is 7.96. The van der Waals surface area contributed by atoms with Crippen molar-refractivity contribution in [1.82, 2.24) is 29.1 Å². The number of ether oxygens (including phenoxy) is 1. The van der Waals surface area contributed by atoms with Gasteiger partial charge in [0.25, 0.3) is 5.56 Å². The van der Waals surface area contributed by atoms with E-state index in [0.717, 1.165) is 85.2 Å². The molecule has 3 aliphatic rings. The van der Waals surface area contributed by atoms with Gasteiger partial charge >= 0.3 is 0 Å². The number of aryl methyl sites for hydroxylation is 1. The highest BCUT2D eigenvalue weighted by atomic mass is 32.2. The lowest BCUT2D eigenvalue weighted by Crippen LogP contribution is -2.43. The smallest absolute Gasteiger partial charge is 0.262 e. The normalized spacial score (nSPS) is 20.2. The van der Waals surface area contributed by atoms with Gasteiger partial charge in [0.05, 0.1) is 28.9 Å². The van der Waals surface area contributed by atoms with Crippen LogP contribution in [0.15, 0.2) is 41.3 Å². The predicted molar refractivity (Wildman–Crippen MR) is 176 cm³/mol. The van der Waals surface area contributed by atoms with Crippen molar-refractivity contribution in [3.05, 3.63) is 56.8 Å². The molecule has 6 heterocycles. The summed E-state index contributed by atoms with van der Waals surface area (Å²) < 4.78 is 9.97. The Morgan fingerprint density at radius 2 is 1.86 bits per heavy atom. The summed E-state index contributed by atoms with van der Waals surface area (Å²) in [7, 11) is 0. The van der Waals surface area contributed by atoms with Crippen LogP contribution in [0.3, 0.4) is 0 Å². The second-order valence-corrected chi connectivity index (χ2v) is 13.6. The van der Waals surface area contributed by atoms with E-state index in [-0.39, 0.29) is 11.6 Å². The van der Waals surface area contributed by atoms with E-state index >= 15 is 0 Å². The second kappa shape index (κ2) is 12.5. The van der Waals surface area contributed by atoms with Gasteiger partial charge in [0, 0.05) is 79.6 Å². The van der Waals surface area contributed by atoms with Gasteiger partial charge in [0.2, 0.25) is 5.95 Å². The summed E-state index contributed by atoms with van der Waals surface area (Å²) in [4.78, 5) is 32.3. The summed E-state index contributed by atoms with van der Waals surface area (Å²) in [5.74, 6) is 0.903. The third kappa shape index (κ3) is 5.91. The van der Waals surface area contributed by atoms with Gasteiger partial charge in [0.1, 0.15) is 5.65 Å². The first-order valence-electron chi connectivity index (χ1n) is 15.2. The van der Waals surface area contributed by atoms with Gasteiger partial charge in [-0.3, -0.25) is 13.7 Å². The molecule has 3 aromatic heterocycles. The lowest BCUT2D eigenvalue weighted by Gasteiger charge is -2.29. The highest BCUT2D eigenvalue weighted by Gasteiger charge is 2.28. The predicted octanol–water partition coefficient (Wildman–Crippen LogP) is 4.80. The zero-order valence-corrected chi connectivity index (χ0v) is 26.3. The Kier molecular flexibility index (Phi) is 8.37. The van der Waals surface area contributed by atoms with Crippen LogP contribution < -0.4 is 21.1 Å². The first kappa shape index (κ1) is 28.7. The third-order valence-electron chi connectivity index (χ3n) is 8.78. The number of hydrogen-bond acceptors (Lipinski definition) is 11. The van der Waals surface area contributed by atoms with Crippen LogP contribution in [0.2, 0.25) is 0 Å². The van der Waals surface area contributed by atoms with Crippen LogP contribution in [0.1, 0.15) is 41.1 Å². The number of piperazine rings is 1. The first-order valence-corrected chi connectivity index (χ1v) is 17.2. The number of anilines is 3. The highest BCUT2D eigenvalue weighted by Crippen LogP contribution is 2.37. The van der Waals surface area contributed by atoms with E-state index < -0.39 is 0 Å². The number of hydrogen-bond donors (Lipinski definition) is 2. The molecule has 0 saturated carbocycles. The Labute approximate surface area is 260 Å². The number of aromatic nitrogens is 4. The lowest BCUT2D eigenvalue weighted by atomic mass is 9.99. The fourth-order valence-corrected chi connectivity index (χ4v) is 8.03. The summed E-state index contributed by atoms with van der Waals surface area (Å²) in [5, 5.41) is 8.71. The average Bonchev–Trinajstić information content (AvgIpc) is 3.72. The maximum Gasteiger partial charge on any atom is 0.262 e. The SMILES string of the molecule is CSN1CCC(c2nc(-c3cc4cnc(Nc5ccc(N6CCNCC6)cc5)nc4n(C4CCOC4)c3=O)c(C)s2)CC1. The molecule has 12 heteroatoms. The van der Waals surface area contributed by atoms with Crippen molar-refractivity contribution in [3.8, 4) is 11.3 Å². The molecule has 0 radical (unpaired) electrons. The standard InChI is InChI=1S/C31H38N8O2S2/c1-20-27(35-29(43-20)21-7-12-38(42-2)13-8-21)26-17-22-18-33-31(36-28(22)39(30(26)40)25-9-16-41-19-25)34-23-3-5-24(6-4-23)37-14-10-32-11-15-37/h3-6,17-18,21,25,32H,7-16,19H2,1-2H3,(H,33,34,36). The van der Waals surface area contributed by atoms with Gasteiger partial charge in [-0.15, -0.1) is 11.3 Å². The molecule has 3 fully saturated rings. The molecule has 3 saturated heterocycles. The lowest BCUT2D eigenvalue weighted by molar-refractivity contribution is 0.186. The van der Waals surface area contributed by atoms with Gasteiger partial charge in [-0.2, -0.15) is 4.98 Å². The maximum atomic E-state index is 14.2. The largest absolute Gasteiger partial charge is 0.379 e. The number of piperidine rings is 1. The first-order chi connectivity index (χ1) is 21.1. The van der Waals surface area contributed by atoms with Crippen LogP contribution in [0.25, 0.3) is 22.3 Å². The van der Waals surface area contributed by atoms with Gasteiger partial charge in [-0.25, -0.2) is 9.97 Å². The van der Waals surface area contributed by atoms with Crippen molar-refractivity contribution in [3.63, 3.8) is 0 Å². The topological polar surface area (TPSA) is 100 Å². The molecule has 226 valence electrons. The van der Waals surface area contributed by atoms with Crippen LogP contribution in [0.5, 0.6) is 0 Å². The van der Waals surface area contributed by atoms with Crippen LogP contribution in [0, 0.1) is 6.92 Å². The number of pyridine rings is 1. The zero-order chi connectivity index (χ0) is 29.3. The van der Waals surface area contributed by atoms with Gasteiger partial charge in [0.15, 0.2) is 0 Å². The number of benzene rings is 1. The van der Waals surface area contributed by atoms with Crippen molar-refractivity contribution in [2.24, 2.45) is 0 Å². The molecule has 0 spiro atoms. The number of nitrogens with zero attached hydrogens (tertiary/aromatic N) is 6. The molecular formula is C31H38N8O2S2. The van der Waals surface area contributed by atoms with E-state index in [9.17, 15) is 4.79 Å². The number of rotatable bonds is 7. The van der Waals surface area contributed by atoms with Crippen LogP contribution in [0.4, 0.5) is 17.3 Å². The monoisotopic (exact) mass is 618 g/mol.